The first-order valence-corrected chi connectivity index (χ1v) is 6.52. The highest BCUT2D eigenvalue weighted by Crippen LogP contribution is 2.22. The molecular formula is C14H22N2O4. The van der Waals surface area contributed by atoms with Crippen molar-refractivity contribution in [2.45, 2.75) is 46.2 Å². The molecule has 0 radical (unpaired) electrons. The van der Waals surface area contributed by atoms with E-state index in [9.17, 15) is 9.59 Å². The topological polar surface area (TPSA) is 91.6 Å². The van der Waals surface area contributed by atoms with Crippen molar-refractivity contribution in [1.29, 1.82) is 0 Å². The van der Waals surface area contributed by atoms with Crippen LogP contribution < -0.4 is 10.6 Å². The number of hydrogen-bond acceptors (Lipinski definition) is 3. The van der Waals surface area contributed by atoms with E-state index in [1.165, 1.54) is 6.26 Å². The molecule has 1 aromatic rings. The summed E-state index contributed by atoms with van der Waals surface area (Å²) in [6.07, 6.45) is 1.42. The van der Waals surface area contributed by atoms with Crippen molar-refractivity contribution in [2.75, 3.05) is 0 Å². The van der Waals surface area contributed by atoms with Gasteiger partial charge in [0.25, 0.3) is 0 Å². The first-order chi connectivity index (χ1) is 9.20. The van der Waals surface area contributed by atoms with Gasteiger partial charge in [0.2, 0.25) is 0 Å². The Morgan fingerprint density at radius 1 is 1.35 bits per heavy atom. The predicted molar refractivity (Wildman–Crippen MR) is 74.3 cm³/mol. The van der Waals surface area contributed by atoms with Crippen LogP contribution >= 0.6 is 0 Å². The van der Waals surface area contributed by atoms with Crippen molar-refractivity contribution in [1.82, 2.24) is 10.6 Å². The number of carboxylic acids is 1. The van der Waals surface area contributed by atoms with Gasteiger partial charge in [0.15, 0.2) is 0 Å². The Morgan fingerprint density at radius 2 is 2.00 bits per heavy atom. The number of furan rings is 1. The Balaban J connectivity index is 2.60. The lowest BCUT2D eigenvalue weighted by atomic mass is 9.85. The van der Waals surface area contributed by atoms with Crippen LogP contribution in [0.15, 0.2) is 22.8 Å². The first kappa shape index (κ1) is 16.1. The maximum atomic E-state index is 11.9. The van der Waals surface area contributed by atoms with Gasteiger partial charge < -0.3 is 20.2 Å². The Hall–Kier alpha value is -1.98. The molecule has 0 fully saturated rings. The van der Waals surface area contributed by atoms with Gasteiger partial charge in [0, 0.05) is 6.04 Å². The molecular weight excluding hydrogens is 260 g/mol. The lowest BCUT2D eigenvalue weighted by molar-refractivity contribution is -0.138. The van der Waals surface area contributed by atoms with E-state index >= 15 is 0 Å². The molecule has 1 rings (SSSR count). The lowest BCUT2D eigenvalue weighted by Gasteiger charge is -2.30. The van der Waals surface area contributed by atoms with Crippen LogP contribution in [0.3, 0.4) is 0 Å². The summed E-state index contributed by atoms with van der Waals surface area (Å²) < 4.78 is 5.20. The monoisotopic (exact) mass is 282 g/mol. The lowest BCUT2D eigenvalue weighted by Crippen LogP contribution is -2.49. The normalized spacial score (nSPS) is 14.4. The van der Waals surface area contributed by atoms with Gasteiger partial charge in [-0.3, -0.25) is 4.79 Å². The van der Waals surface area contributed by atoms with Crippen LogP contribution in [-0.2, 0) is 4.79 Å². The molecule has 0 aromatic carbocycles. The fourth-order valence-electron chi connectivity index (χ4n) is 1.75. The van der Waals surface area contributed by atoms with Crippen molar-refractivity contribution in [2.24, 2.45) is 5.41 Å². The number of carbonyl (C=O) groups is 2. The number of aliphatic carboxylic acids is 1. The zero-order chi connectivity index (χ0) is 15.3. The van der Waals surface area contributed by atoms with Gasteiger partial charge in [-0.15, -0.1) is 0 Å². The molecule has 0 aliphatic heterocycles. The van der Waals surface area contributed by atoms with Crippen molar-refractivity contribution in [3.63, 3.8) is 0 Å². The quantitative estimate of drug-likeness (QED) is 0.773. The largest absolute Gasteiger partial charge is 0.481 e. The van der Waals surface area contributed by atoms with Crippen LogP contribution in [-0.4, -0.2) is 23.1 Å². The maximum Gasteiger partial charge on any atom is 0.315 e. The number of amides is 2. The number of nitrogens with one attached hydrogen (secondary N) is 2. The Morgan fingerprint density at radius 3 is 2.45 bits per heavy atom. The second kappa shape index (κ2) is 6.45. The van der Waals surface area contributed by atoms with Crippen LogP contribution in [0.4, 0.5) is 4.79 Å². The predicted octanol–water partition coefficient (Wildman–Crippen LogP) is 2.53. The molecule has 2 unspecified atom stereocenters. The van der Waals surface area contributed by atoms with E-state index in [1.54, 1.807) is 19.1 Å². The van der Waals surface area contributed by atoms with Crippen molar-refractivity contribution < 1.29 is 19.1 Å². The van der Waals surface area contributed by atoms with Crippen LogP contribution in [0.25, 0.3) is 0 Å². The fourth-order valence-corrected chi connectivity index (χ4v) is 1.75. The SMILES string of the molecule is CC(NC(=O)NC(CC(=O)O)C(C)(C)C)c1ccco1. The summed E-state index contributed by atoms with van der Waals surface area (Å²) >= 11 is 0. The number of hydrogen-bond donors (Lipinski definition) is 3. The Bertz CT molecular complexity index is 448. The zero-order valence-electron chi connectivity index (χ0n) is 12.3. The second-order valence-corrected chi connectivity index (χ2v) is 5.87. The highest BCUT2D eigenvalue weighted by Gasteiger charge is 2.28. The van der Waals surface area contributed by atoms with Crippen molar-refractivity contribution in [3.05, 3.63) is 24.2 Å². The van der Waals surface area contributed by atoms with Gasteiger partial charge in [0.05, 0.1) is 18.7 Å². The molecule has 1 aromatic heterocycles. The average Bonchev–Trinajstić information content (AvgIpc) is 2.79. The van der Waals surface area contributed by atoms with Crippen LogP contribution in [0, 0.1) is 5.41 Å². The molecule has 0 spiro atoms. The van der Waals surface area contributed by atoms with Gasteiger partial charge >= 0.3 is 12.0 Å². The summed E-state index contributed by atoms with van der Waals surface area (Å²) in [7, 11) is 0. The molecule has 3 N–H and O–H groups in total. The fraction of sp³-hybridized carbons (Fsp3) is 0.571. The highest BCUT2D eigenvalue weighted by molar-refractivity contribution is 5.76. The summed E-state index contributed by atoms with van der Waals surface area (Å²) in [6.45, 7) is 7.45. The number of rotatable bonds is 5. The molecule has 112 valence electrons. The summed E-state index contributed by atoms with van der Waals surface area (Å²) in [6, 6.07) is 2.37. The molecule has 0 aliphatic carbocycles. The smallest absolute Gasteiger partial charge is 0.315 e. The molecule has 2 amide bonds. The minimum absolute atomic E-state index is 0.119. The summed E-state index contributed by atoms with van der Waals surface area (Å²) in [5.41, 5.74) is -0.344. The van der Waals surface area contributed by atoms with Crippen LogP contribution in [0.2, 0.25) is 0 Å². The van der Waals surface area contributed by atoms with E-state index < -0.39 is 18.0 Å². The van der Waals surface area contributed by atoms with E-state index in [0.717, 1.165) is 0 Å². The van der Waals surface area contributed by atoms with Gasteiger partial charge in [-0.05, 0) is 24.5 Å². The van der Waals surface area contributed by atoms with E-state index in [-0.39, 0.29) is 17.9 Å². The Kier molecular flexibility index (Phi) is 5.19. The third kappa shape index (κ3) is 4.95. The van der Waals surface area contributed by atoms with Gasteiger partial charge in [-0.25, -0.2) is 4.79 Å². The maximum absolute atomic E-state index is 11.9. The molecule has 0 aliphatic rings. The van der Waals surface area contributed by atoms with Gasteiger partial charge in [0.1, 0.15) is 5.76 Å². The zero-order valence-corrected chi connectivity index (χ0v) is 12.3. The summed E-state index contributed by atoms with van der Waals surface area (Å²) in [5, 5.41) is 14.3. The molecule has 6 nitrogen and oxygen atoms in total. The van der Waals surface area contributed by atoms with Crippen molar-refractivity contribution in [3.8, 4) is 0 Å². The average molecular weight is 282 g/mol. The standard InChI is InChI=1S/C14H22N2O4/c1-9(10-6-5-7-20-10)15-13(19)16-11(8-12(17)18)14(2,3)4/h5-7,9,11H,8H2,1-4H3,(H,17,18)(H2,15,16,19). The van der Waals surface area contributed by atoms with Crippen LogP contribution in [0.5, 0.6) is 0 Å². The van der Waals surface area contributed by atoms with E-state index in [4.69, 9.17) is 9.52 Å². The molecule has 0 bridgehead atoms. The van der Waals surface area contributed by atoms with E-state index in [1.807, 2.05) is 20.8 Å². The van der Waals surface area contributed by atoms with E-state index in [0.29, 0.717) is 5.76 Å². The molecule has 0 saturated carbocycles. The van der Waals surface area contributed by atoms with Gasteiger partial charge in [-0.2, -0.15) is 0 Å². The first-order valence-electron chi connectivity index (χ1n) is 6.52. The Labute approximate surface area is 118 Å². The van der Waals surface area contributed by atoms with E-state index in [2.05, 4.69) is 10.6 Å². The summed E-state index contributed by atoms with van der Waals surface area (Å²) in [5.74, 6) is -0.296. The second-order valence-electron chi connectivity index (χ2n) is 5.87. The number of urea groups is 1. The highest BCUT2D eigenvalue weighted by atomic mass is 16.4. The number of carbonyl (C=O) groups excluding carboxylic acids is 1. The minimum atomic E-state index is -0.940. The van der Waals surface area contributed by atoms with Crippen LogP contribution in [0.1, 0.15) is 45.9 Å². The number of carboxylic acid groups (broad SMARTS) is 1. The summed E-state index contributed by atoms with van der Waals surface area (Å²) in [4.78, 5) is 22.8. The molecule has 0 saturated heterocycles. The van der Waals surface area contributed by atoms with Gasteiger partial charge in [-0.1, -0.05) is 20.8 Å². The molecule has 1 heterocycles. The van der Waals surface area contributed by atoms with Crippen molar-refractivity contribution >= 4 is 12.0 Å². The molecule has 20 heavy (non-hydrogen) atoms. The minimum Gasteiger partial charge on any atom is -0.481 e. The third-order valence-corrected chi connectivity index (χ3v) is 3.05. The molecule has 2 atom stereocenters. The third-order valence-electron chi connectivity index (χ3n) is 3.05. The molecule has 6 heteroatoms.